The Labute approximate surface area is 113 Å². The Bertz CT molecular complexity index is 646. The Morgan fingerprint density at radius 1 is 1.26 bits per heavy atom. The first-order valence-corrected chi connectivity index (χ1v) is 5.57. The second-order valence-corrected chi connectivity index (χ2v) is 3.92. The van der Waals surface area contributed by atoms with Crippen LogP contribution in [0.15, 0.2) is 36.5 Å². The fourth-order valence-corrected chi connectivity index (χ4v) is 1.51. The molecule has 1 amide bonds. The van der Waals surface area contributed by atoms with Gasteiger partial charge in [0.15, 0.2) is 0 Å². The van der Waals surface area contributed by atoms with Gasteiger partial charge in [-0.25, -0.2) is 14.8 Å². The molecule has 0 unspecified atom stereocenters. The van der Waals surface area contributed by atoms with Gasteiger partial charge < -0.3 is 10.4 Å². The largest absolute Gasteiger partial charge is 0.478 e. The molecule has 2 aromatic rings. The number of nitrogens with zero attached hydrogens (tertiary/aromatic N) is 2. The molecule has 96 valence electrons. The lowest BCUT2D eigenvalue weighted by Gasteiger charge is -2.04. The predicted molar refractivity (Wildman–Crippen MR) is 68.4 cm³/mol. The third kappa shape index (κ3) is 3.26. The predicted octanol–water partition coefficient (Wildman–Crippen LogP) is 2.08. The Morgan fingerprint density at radius 3 is 2.74 bits per heavy atom. The molecule has 2 rings (SSSR count). The lowest BCUT2D eigenvalue weighted by Crippen LogP contribution is -2.15. The van der Waals surface area contributed by atoms with Crippen molar-refractivity contribution in [1.29, 1.82) is 0 Å². The van der Waals surface area contributed by atoms with Crippen LogP contribution >= 0.6 is 11.6 Å². The summed E-state index contributed by atoms with van der Waals surface area (Å²) in [5.74, 6) is -1.48. The van der Waals surface area contributed by atoms with Crippen molar-refractivity contribution in [2.45, 2.75) is 0 Å². The number of pyridine rings is 2. The quantitative estimate of drug-likeness (QED) is 0.838. The Kier molecular flexibility index (Phi) is 3.72. The number of carboxylic acid groups (broad SMARTS) is 1. The van der Waals surface area contributed by atoms with Crippen LogP contribution in [0.1, 0.15) is 20.8 Å². The molecule has 6 nitrogen and oxygen atoms in total. The van der Waals surface area contributed by atoms with E-state index in [0.717, 1.165) is 0 Å². The van der Waals surface area contributed by atoms with Crippen LogP contribution in [-0.4, -0.2) is 27.0 Å². The van der Waals surface area contributed by atoms with Gasteiger partial charge in [0.25, 0.3) is 5.91 Å². The number of carbonyl (C=O) groups excluding carboxylic acids is 1. The van der Waals surface area contributed by atoms with Crippen molar-refractivity contribution >= 4 is 29.3 Å². The minimum atomic E-state index is -1.10. The van der Waals surface area contributed by atoms with Crippen molar-refractivity contribution in [2.75, 3.05) is 5.32 Å². The zero-order valence-corrected chi connectivity index (χ0v) is 10.3. The third-order valence-corrected chi connectivity index (χ3v) is 2.41. The highest BCUT2D eigenvalue weighted by Crippen LogP contribution is 2.10. The first-order chi connectivity index (χ1) is 9.06. The summed E-state index contributed by atoms with van der Waals surface area (Å²) < 4.78 is 0. The van der Waals surface area contributed by atoms with E-state index in [0.29, 0.717) is 0 Å². The van der Waals surface area contributed by atoms with Crippen LogP contribution in [0, 0.1) is 0 Å². The molecule has 2 heterocycles. The minimum absolute atomic E-state index is 0.0318. The average molecular weight is 278 g/mol. The summed E-state index contributed by atoms with van der Waals surface area (Å²) in [5.41, 5.74) is 0.152. The average Bonchev–Trinajstić information content (AvgIpc) is 2.39. The summed E-state index contributed by atoms with van der Waals surface area (Å²) in [6, 6.07) is 7.20. The van der Waals surface area contributed by atoms with Crippen molar-refractivity contribution in [2.24, 2.45) is 0 Å². The van der Waals surface area contributed by atoms with E-state index in [-0.39, 0.29) is 22.2 Å². The van der Waals surface area contributed by atoms with Gasteiger partial charge >= 0.3 is 5.97 Å². The number of aromatic nitrogens is 2. The van der Waals surface area contributed by atoms with Crippen molar-refractivity contribution in [1.82, 2.24) is 9.97 Å². The number of nitrogens with one attached hydrogen (secondary N) is 1. The lowest BCUT2D eigenvalue weighted by molar-refractivity contribution is 0.0696. The number of hydrogen-bond acceptors (Lipinski definition) is 4. The van der Waals surface area contributed by atoms with Crippen LogP contribution in [0.25, 0.3) is 0 Å². The van der Waals surface area contributed by atoms with E-state index in [4.69, 9.17) is 16.7 Å². The maximum Gasteiger partial charge on any atom is 0.335 e. The van der Waals surface area contributed by atoms with Crippen LogP contribution in [0.5, 0.6) is 0 Å². The fourth-order valence-electron chi connectivity index (χ4n) is 1.35. The van der Waals surface area contributed by atoms with Crippen LogP contribution in [0.3, 0.4) is 0 Å². The first-order valence-electron chi connectivity index (χ1n) is 5.19. The molecule has 0 bridgehead atoms. The summed E-state index contributed by atoms with van der Waals surface area (Å²) >= 11 is 5.67. The van der Waals surface area contributed by atoms with Crippen molar-refractivity contribution in [3.05, 3.63) is 52.9 Å². The van der Waals surface area contributed by atoms with Crippen LogP contribution < -0.4 is 5.32 Å². The number of hydrogen-bond donors (Lipinski definition) is 2. The highest BCUT2D eigenvalue weighted by Gasteiger charge is 2.10. The minimum Gasteiger partial charge on any atom is -0.478 e. The molecule has 2 aromatic heterocycles. The molecular weight excluding hydrogens is 270 g/mol. The van der Waals surface area contributed by atoms with Gasteiger partial charge in [0.1, 0.15) is 16.7 Å². The van der Waals surface area contributed by atoms with E-state index in [1.54, 1.807) is 12.1 Å². The van der Waals surface area contributed by atoms with Crippen molar-refractivity contribution in [3.8, 4) is 0 Å². The molecule has 2 N–H and O–H groups in total. The van der Waals surface area contributed by atoms with Gasteiger partial charge in [-0.05, 0) is 24.3 Å². The van der Waals surface area contributed by atoms with Gasteiger partial charge in [0.05, 0.1) is 5.56 Å². The smallest absolute Gasteiger partial charge is 0.335 e. The molecule has 0 atom stereocenters. The molecule has 0 saturated carbocycles. The SMILES string of the molecule is O=C(O)c1ccnc(NC(=O)c2cccc(Cl)n2)c1. The van der Waals surface area contributed by atoms with E-state index in [1.165, 1.54) is 24.4 Å². The second kappa shape index (κ2) is 5.45. The van der Waals surface area contributed by atoms with E-state index >= 15 is 0 Å². The topological polar surface area (TPSA) is 92.2 Å². The summed E-state index contributed by atoms with van der Waals surface area (Å²) in [6.45, 7) is 0. The van der Waals surface area contributed by atoms with Gasteiger partial charge in [-0.15, -0.1) is 0 Å². The van der Waals surface area contributed by atoms with Gasteiger partial charge in [-0.1, -0.05) is 17.7 Å². The molecule has 0 saturated heterocycles. The number of halogens is 1. The van der Waals surface area contributed by atoms with E-state index in [2.05, 4.69) is 15.3 Å². The number of amides is 1. The Balaban J connectivity index is 2.19. The summed E-state index contributed by atoms with van der Waals surface area (Å²) in [7, 11) is 0. The van der Waals surface area contributed by atoms with Crippen LogP contribution in [0.4, 0.5) is 5.82 Å². The third-order valence-electron chi connectivity index (χ3n) is 2.20. The van der Waals surface area contributed by atoms with Crippen LogP contribution in [-0.2, 0) is 0 Å². The Morgan fingerprint density at radius 2 is 2.05 bits per heavy atom. The first kappa shape index (κ1) is 13.0. The number of rotatable bonds is 3. The van der Waals surface area contributed by atoms with Gasteiger partial charge in [0.2, 0.25) is 0 Å². The maximum atomic E-state index is 11.8. The molecule has 0 aliphatic carbocycles. The number of carboxylic acids is 1. The molecule has 0 radical (unpaired) electrons. The summed E-state index contributed by atoms with van der Waals surface area (Å²) in [6.07, 6.45) is 1.30. The summed E-state index contributed by atoms with van der Waals surface area (Å²) in [5, 5.41) is 11.5. The Hall–Kier alpha value is -2.47. The second-order valence-electron chi connectivity index (χ2n) is 3.53. The monoisotopic (exact) mass is 277 g/mol. The van der Waals surface area contributed by atoms with Gasteiger partial charge in [-0.2, -0.15) is 0 Å². The molecule has 0 fully saturated rings. The molecular formula is C12H8ClN3O3. The maximum absolute atomic E-state index is 11.8. The molecule has 0 aliphatic rings. The molecule has 0 spiro atoms. The highest BCUT2D eigenvalue weighted by atomic mass is 35.5. The molecule has 7 heteroatoms. The zero-order chi connectivity index (χ0) is 13.8. The normalized spacial score (nSPS) is 9.95. The van der Waals surface area contributed by atoms with E-state index < -0.39 is 11.9 Å². The van der Waals surface area contributed by atoms with Crippen molar-refractivity contribution in [3.63, 3.8) is 0 Å². The molecule has 0 aromatic carbocycles. The number of carbonyl (C=O) groups is 2. The fraction of sp³-hybridized carbons (Fsp3) is 0. The standard InChI is InChI=1S/C12H8ClN3O3/c13-9-3-1-2-8(15-9)11(17)16-10-6-7(12(18)19)4-5-14-10/h1-6H,(H,18,19)(H,14,16,17). The van der Waals surface area contributed by atoms with E-state index in [9.17, 15) is 9.59 Å². The van der Waals surface area contributed by atoms with Crippen molar-refractivity contribution < 1.29 is 14.7 Å². The van der Waals surface area contributed by atoms with Gasteiger partial charge in [-0.3, -0.25) is 4.79 Å². The number of anilines is 1. The molecule has 0 aliphatic heterocycles. The number of aromatic carboxylic acids is 1. The van der Waals surface area contributed by atoms with Crippen LogP contribution in [0.2, 0.25) is 5.15 Å². The highest BCUT2D eigenvalue weighted by molar-refractivity contribution is 6.29. The zero-order valence-electron chi connectivity index (χ0n) is 9.50. The van der Waals surface area contributed by atoms with E-state index in [1.807, 2.05) is 0 Å². The summed E-state index contributed by atoms with van der Waals surface area (Å²) in [4.78, 5) is 30.3. The van der Waals surface area contributed by atoms with Gasteiger partial charge in [0, 0.05) is 6.20 Å². The lowest BCUT2D eigenvalue weighted by atomic mass is 10.2. The molecule has 19 heavy (non-hydrogen) atoms.